The van der Waals surface area contributed by atoms with E-state index in [0.717, 1.165) is 21.4 Å². The summed E-state index contributed by atoms with van der Waals surface area (Å²) in [6, 6.07) is 18.6. The number of aryl methyl sites for hydroxylation is 1. The number of urea groups is 1. The first-order valence-electron chi connectivity index (χ1n) is 7.63. The second kappa shape index (κ2) is 7.81. The first-order chi connectivity index (χ1) is 12.1. The molecular formula is C19H16BrN3O2. The van der Waals surface area contributed by atoms with Gasteiger partial charge in [-0.3, -0.25) is 0 Å². The molecular weight excluding hydrogens is 382 g/mol. The van der Waals surface area contributed by atoms with Crippen LogP contribution in [0.3, 0.4) is 0 Å². The first kappa shape index (κ1) is 17.0. The van der Waals surface area contributed by atoms with Crippen LogP contribution < -0.4 is 10.7 Å². The maximum Gasteiger partial charge on any atom is 0.339 e. The fourth-order valence-electron chi connectivity index (χ4n) is 2.22. The number of benzene rings is 2. The van der Waals surface area contributed by atoms with Gasteiger partial charge in [-0.05, 0) is 42.8 Å². The van der Waals surface area contributed by atoms with Crippen LogP contribution in [0, 0.1) is 6.92 Å². The molecule has 1 aromatic heterocycles. The summed E-state index contributed by atoms with van der Waals surface area (Å²) < 4.78 is 6.66. The number of hydrogen-bond acceptors (Lipinski definition) is 3. The topological polar surface area (TPSA) is 66.6 Å². The standard InChI is InChI=1S/C19H16BrN3O2/c1-13-11-15(7-9-17(13)20)22-19(24)23-21-12-16-8-10-18(25-16)14-5-3-2-4-6-14/h2-12H,1H3,(H2,22,23,24)/b21-12+. The van der Waals surface area contributed by atoms with Crippen molar-refractivity contribution in [1.82, 2.24) is 5.43 Å². The van der Waals surface area contributed by atoms with Crippen molar-refractivity contribution < 1.29 is 9.21 Å². The van der Waals surface area contributed by atoms with Crippen LogP contribution in [0.15, 0.2) is 74.7 Å². The highest BCUT2D eigenvalue weighted by Gasteiger charge is 2.04. The quantitative estimate of drug-likeness (QED) is 0.470. The largest absolute Gasteiger partial charge is 0.455 e. The van der Waals surface area contributed by atoms with Crippen molar-refractivity contribution in [2.45, 2.75) is 6.92 Å². The van der Waals surface area contributed by atoms with Crippen LogP contribution in [0.25, 0.3) is 11.3 Å². The van der Waals surface area contributed by atoms with Gasteiger partial charge in [-0.1, -0.05) is 46.3 Å². The van der Waals surface area contributed by atoms with Gasteiger partial charge in [-0.25, -0.2) is 10.2 Å². The molecule has 0 fully saturated rings. The summed E-state index contributed by atoms with van der Waals surface area (Å²) in [5, 5.41) is 6.61. The fourth-order valence-corrected chi connectivity index (χ4v) is 2.46. The molecule has 0 saturated heterocycles. The first-order valence-corrected chi connectivity index (χ1v) is 8.42. The van der Waals surface area contributed by atoms with Crippen LogP contribution in [-0.2, 0) is 0 Å². The third kappa shape index (κ3) is 4.58. The molecule has 126 valence electrons. The Kier molecular flexibility index (Phi) is 5.30. The van der Waals surface area contributed by atoms with Crippen LogP contribution in [0.4, 0.5) is 10.5 Å². The summed E-state index contributed by atoms with van der Waals surface area (Å²) in [6.45, 7) is 1.95. The maximum atomic E-state index is 11.8. The monoisotopic (exact) mass is 397 g/mol. The SMILES string of the molecule is Cc1cc(NC(=O)N/N=C/c2ccc(-c3ccccc3)o2)ccc1Br. The molecule has 6 heteroatoms. The zero-order valence-electron chi connectivity index (χ0n) is 13.5. The predicted octanol–water partition coefficient (Wildman–Crippen LogP) is 5.17. The van der Waals surface area contributed by atoms with Crippen LogP contribution in [-0.4, -0.2) is 12.2 Å². The molecule has 0 atom stereocenters. The van der Waals surface area contributed by atoms with Gasteiger partial charge < -0.3 is 9.73 Å². The van der Waals surface area contributed by atoms with E-state index in [1.54, 1.807) is 12.1 Å². The molecule has 0 aliphatic heterocycles. The number of anilines is 1. The van der Waals surface area contributed by atoms with Gasteiger partial charge in [-0.15, -0.1) is 0 Å². The summed E-state index contributed by atoms with van der Waals surface area (Å²) in [6.07, 6.45) is 1.46. The van der Waals surface area contributed by atoms with Gasteiger partial charge in [0.2, 0.25) is 0 Å². The second-order valence-electron chi connectivity index (χ2n) is 5.36. The highest BCUT2D eigenvalue weighted by atomic mass is 79.9. The van der Waals surface area contributed by atoms with Crippen molar-refractivity contribution in [3.8, 4) is 11.3 Å². The van der Waals surface area contributed by atoms with E-state index in [2.05, 4.69) is 31.8 Å². The van der Waals surface area contributed by atoms with Crippen molar-refractivity contribution >= 4 is 33.9 Å². The molecule has 25 heavy (non-hydrogen) atoms. The van der Waals surface area contributed by atoms with Crippen LogP contribution in [0.5, 0.6) is 0 Å². The molecule has 5 nitrogen and oxygen atoms in total. The molecule has 3 rings (SSSR count). The average Bonchev–Trinajstić information content (AvgIpc) is 3.08. The van der Waals surface area contributed by atoms with Gasteiger partial charge in [0.25, 0.3) is 0 Å². The van der Waals surface area contributed by atoms with Crippen molar-refractivity contribution in [2.24, 2.45) is 5.10 Å². The minimum atomic E-state index is -0.423. The average molecular weight is 398 g/mol. The molecule has 2 N–H and O–H groups in total. The van der Waals surface area contributed by atoms with E-state index in [0.29, 0.717) is 11.4 Å². The molecule has 0 spiro atoms. The number of hydrogen-bond donors (Lipinski definition) is 2. The zero-order chi connectivity index (χ0) is 17.6. The molecule has 0 saturated carbocycles. The predicted molar refractivity (Wildman–Crippen MR) is 103 cm³/mol. The number of nitrogens with zero attached hydrogens (tertiary/aromatic N) is 1. The van der Waals surface area contributed by atoms with E-state index < -0.39 is 6.03 Å². The van der Waals surface area contributed by atoms with Crippen LogP contribution in [0.2, 0.25) is 0 Å². The Hall–Kier alpha value is -2.86. The highest BCUT2D eigenvalue weighted by Crippen LogP contribution is 2.21. The van der Waals surface area contributed by atoms with Crippen molar-refractivity contribution in [3.05, 3.63) is 76.5 Å². The summed E-state index contributed by atoms with van der Waals surface area (Å²) in [4.78, 5) is 11.8. The van der Waals surface area contributed by atoms with E-state index in [4.69, 9.17) is 4.42 Å². The van der Waals surface area contributed by atoms with E-state index in [9.17, 15) is 4.79 Å². The lowest BCUT2D eigenvalue weighted by Gasteiger charge is -2.05. The maximum absolute atomic E-state index is 11.8. The Morgan fingerprint density at radius 3 is 2.68 bits per heavy atom. The molecule has 0 radical (unpaired) electrons. The van der Waals surface area contributed by atoms with Crippen LogP contribution in [0.1, 0.15) is 11.3 Å². The minimum absolute atomic E-state index is 0.423. The number of amides is 2. The van der Waals surface area contributed by atoms with E-state index in [1.165, 1.54) is 6.21 Å². The van der Waals surface area contributed by atoms with Gasteiger partial charge >= 0.3 is 6.03 Å². The molecule has 2 aromatic carbocycles. The zero-order valence-corrected chi connectivity index (χ0v) is 15.1. The molecule has 0 aliphatic carbocycles. The Balaban J connectivity index is 1.57. The second-order valence-corrected chi connectivity index (χ2v) is 6.21. The Morgan fingerprint density at radius 2 is 1.92 bits per heavy atom. The van der Waals surface area contributed by atoms with Crippen molar-refractivity contribution in [3.63, 3.8) is 0 Å². The van der Waals surface area contributed by atoms with E-state index >= 15 is 0 Å². The van der Waals surface area contributed by atoms with Gasteiger partial charge in [0.05, 0.1) is 6.21 Å². The Labute approximate surface area is 153 Å². The van der Waals surface area contributed by atoms with Crippen LogP contribution >= 0.6 is 15.9 Å². The smallest absolute Gasteiger partial charge is 0.339 e. The fraction of sp³-hybridized carbons (Fsp3) is 0.0526. The number of carbonyl (C=O) groups excluding carboxylic acids is 1. The van der Waals surface area contributed by atoms with Crippen molar-refractivity contribution in [2.75, 3.05) is 5.32 Å². The lowest BCUT2D eigenvalue weighted by molar-refractivity contribution is 0.252. The molecule has 0 unspecified atom stereocenters. The number of carbonyl (C=O) groups is 1. The van der Waals surface area contributed by atoms with Gasteiger partial charge in [-0.2, -0.15) is 5.10 Å². The number of halogens is 1. The Bertz CT molecular complexity index is 904. The number of rotatable bonds is 4. The molecule has 0 aliphatic rings. The van der Waals surface area contributed by atoms with Gasteiger partial charge in [0.1, 0.15) is 11.5 Å². The lowest BCUT2D eigenvalue weighted by atomic mass is 10.2. The summed E-state index contributed by atoms with van der Waals surface area (Å²) in [7, 11) is 0. The third-order valence-electron chi connectivity index (χ3n) is 3.46. The molecule has 2 amide bonds. The number of nitrogens with one attached hydrogen (secondary N) is 2. The summed E-state index contributed by atoms with van der Waals surface area (Å²) in [5.41, 5.74) is 5.12. The van der Waals surface area contributed by atoms with Crippen molar-refractivity contribution in [1.29, 1.82) is 0 Å². The number of hydrazone groups is 1. The number of furan rings is 1. The lowest BCUT2D eigenvalue weighted by Crippen LogP contribution is -2.24. The molecule has 0 bridgehead atoms. The summed E-state index contributed by atoms with van der Waals surface area (Å²) >= 11 is 3.42. The highest BCUT2D eigenvalue weighted by molar-refractivity contribution is 9.10. The minimum Gasteiger partial charge on any atom is -0.455 e. The summed E-state index contributed by atoms with van der Waals surface area (Å²) in [5.74, 6) is 1.30. The van der Waals surface area contributed by atoms with E-state index in [-0.39, 0.29) is 0 Å². The Morgan fingerprint density at radius 1 is 1.12 bits per heavy atom. The molecule has 3 aromatic rings. The normalized spacial score (nSPS) is 10.8. The molecule has 1 heterocycles. The van der Waals surface area contributed by atoms with E-state index in [1.807, 2.05) is 55.5 Å². The van der Waals surface area contributed by atoms with Gasteiger partial charge in [0.15, 0.2) is 0 Å². The third-order valence-corrected chi connectivity index (χ3v) is 4.35. The van der Waals surface area contributed by atoms with Gasteiger partial charge in [0, 0.05) is 15.7 Å².